The summed E-state index contributed by atoms with van der Waals surface area (Å²) in [6.07, 6.45) is 4.90. The SMILES string of the molecule is Cc1cccc(Cn2cc(C3CCNCC3)c3ccccc32)c1. The van der Waals surface area contributed by atoms with Crippen molar-refractivity contribution < 1.29 is 0 Å². The Kier molecular flexibility index (Phi) is 3.92. The smallest absolute Gasteiger partial charge is 0.0486 e. The van der Waals surface area contributed by atoms with Crippen molar-refractivity contribution in [2.45, 2.75) is 32.2 Å². The van der Waals surface area contributed by atoms with Gasteiger partial charge in [-0.2, -0.15) is 0 Å². The van der Waals surface area contributed by atoms with Crippen molar-refractivity contribution in [3.63, 3.8) is 0 Å². The largest absolute Gasteiger partial charge is 0.343 e. The maximum Gasteiger partial charge on any atom is 0.0486 e. The predicted molar refractivity (Wildman–Crippen MR) is 97.1 cm³/mol. The summed E-state index contributed by atoms with van der Waals surface area (Å²) < 4.78 is 2.43. The van der Waals surface area contributed by atoms with Crippen LogP contribution in [-0.2, 0) is 6.54 Å². The van der Waals surface area contributed by atoms with Gasteiger partial charge in [-0.3, -0.25) is 0 Å². The van der Waals surface area contributed by atoms with Crippen LogP contribution in [0.5, 0.6) is 0 Å². The molecule has 0 radical (unpaired) electrons. The second-order valence-electron chi connectivity index (χ2n) is 6.74. The van der Waals surface area contributed by atoms with Gasteiger partial charge in [-0.05, 0) is 56.0 Å². The van der Waals surface area contributed by atoms with E-state index in [4.69, 9.17) is 0 Å². The molecule has 0 saturated carbocycles. The van der Waals surface area contributed by atoms with E-state index >= 15 is 0 Å². The molecule has 0 bridgehead atoms. The van der Waals surface area contributed by atoms with Gasteiger partial charge in [-0.1, -0.05) is 48.0 Å². The number of hydrogen-bond donors (Lipinski definition) is 1. The van der Waals surface area contributed by atoms with Crippen LogP contribution in [0.2, 0.25) is 0 Å². The number of aromatic nitrogens is 1. The number of para-hydroxylation sites is 1. The van der Waals surface area contributed by atoms with E-state index in [-0.39, 0.29) is 0 Å². The second kappa shape index (κ2) is 6.21. The molecule has 4 rings (SSSR count). The highest BCUT2D eigenvalue weighted by Crippen LogP contribution is 2.33. The average molecular weight is 304 g/mol. The van der Waals surface area contributed by atoms with Gasteiger partial charge in [0.25, 0.3) is 0 Å². The zero-order chi connectivity index (χ0) is 15.6. The molecule has 23 heavy (non-hydrogen) atoms. The lowest BCUT2D eigenvalue weighted by Crippen LogP contribution is -2.26. The van der Waals surface area contributed by atoms with Crippen molar-refractivity contribution in [1.29, 1.82) is 0 Å². The van der Waals surface area contributed by atoms with Crippen LogP contribution in [0, 0.1) is 6.92 Å². The molecule has 0 aliphatic carbocycles. The number of piperidine rings is 1. The lowest BCUT2D eigenvalue weighted by molar-refractivity contribution is 0.461. The molecule has 0 atom stereocenters. The molecule has 3 aromatic rings. The van der Waals surface area contributed by atoms with Gasteiger partial charge in [-0.25, -0.2) is 0 Å². The third-order valence-corrected chi connectivity index (χ3v) is 5.03. The number of nitrogens with zero attached hydrogens (tertiary/aromatic N) is 1. The minimum absolute atomic E-state index is 0.694. The molecule has 2 heteroatoms. The molecule has 0 unspecified atom stereocenters. The summed E-state index contributed by atoms with van der Waals surface area (Å²) in [6.45, 7) is 5.40. The maximum absolute atomic E-state index is 3.48. The quantitative estimate of drug-likeness (QED) is 0.755. The van der Waals surface area contributed by atoms with E-state index in [1.807, 2.05) is 0 Å². The van der Waals surface area contributed by atoms with Crippen LogP contribution in [0.1, 0.15) is 35.4 Å². The van der Waals surface area contributed by atoms with E-state index in [2.05, 4.69) is 71.5 Å². The molecular weight excluding hydrogens is 280 g/mol. The van der Waals surface area contributed by atoms with Crippen molar-refractivity contribution in [3.05, 3.63) is 71.4 Å². The normalized spacial score (nSPS) is 16.0. The van der Waals surface area contributed by atoms with Gasteiger partial charge in [0.1, 0.15) is 0 Å². The molecule has 0 amide bonds. The lowest BCUT2D eigenvalue weighted by atomic mass is 9.90. The van der Waals surface area contributed by atoms with E-state index < -0.39 is 0 Å². The Labute approximate surface area is 138 Å². The minimum Gasteiger partial charge on any atom is -0.343 e. The van der Waals surface area contributed by atoms with Crippen molar-refractivity contribution in [2.24, 2.45) is 0 Å². The van der Waals surface area contributed by atoms with Gasteiger partial charge in [-0.15, -0.1) is 0 Å². The Hall–Kier alpha value is -2.06. The molecule has 118 valence electrons. The number of fused-ring (bicyclic) bond motifs is 1. The molecular formula is C21H24N2. The fraction of sp³-hybridized carbons (Fsp3) is 0.333. The van der Waals surface area contributed by atoms with E-state index in [9.17, 15) is 0 Å². The summed E-state index contributed by atoms with van der Waals surface area (Å²) in [6, 6.07) is 17.7. The number of hydrogen-bond acceptors (Lipinski definition) is 1. The third kappa shape index (κ3) is 2.91. The fourth-order valence-electron chi connectivity index (χ4n) is 3.87. The fourth-order valence-corrected chi connectivity index (χ4v) is 3.87. The molecule has 2 aromatic carbocycles. The van der Waals surface area contributed by atoms with Crippen molar-refractivity contribution in [1.82, 2.24) is 9.88 Å². The molecule has 1 fully saturated rings. The molecule has 2 heterocycles. The highest BCUT2D eigenvalue weighted by atomic mass is 15.0. The minimum atomic E-state index is 0.694. The highest BCUT2D eigenvalue weighted by Gasteiger charge is 2.19. The van der Waals surface area contributed by atoms with Crippen LogP contribution >= 0.6 is 0 Å². The number of aryl methyl sites for hydroxylation is 1. The zero-order valence-corrected chi connectivity index (χ0v) is 13.8. The Morgan fingerprint density at radius 3 is 2.70 bits per heavy atom. The van der Waals surface area contributed by atoms with Crippen molar-refractivity contribution in [3.8, 4) is 0 Å². The first kappa shape index (κ1) is 14.5. The standard InChI is InChI=1S/C21H24N2/c1-16-5-4-6-17(13-16)14-23-15-20(18-9-11-22-12-10-18)19-7-2-3-8-21(19)23/h2-8,13,15,18,22H,9-12,14H2,1H3. The van der Waals surface area contributed by atoms with Crippen LogP contribution in [0.4, 0.5) is 0 Å². The second-order valence-corrected chi connectivity index (χ2v) is 6.74. The first-order valence-electron chi connectivity index (χ1n) is 8.65. The highest BCUT2D eigenvalue weighted by molar-refractivity contribution is 5.84. The Morgan fingerprint density at radius 2 is 1.87 bits per heavy atom. The molecule has 0 spiro atoms. The van der Waals surface area contributed by atoms with Crippen LogP contribution in [0.3, 0.4) is 0 Å². The average Bonchev–Trinajstić information content (AvgIpc) is 2.95. The summed E-state index contributed by atoms with van der Waals surface area (Å²) in [4.78, 5) is 0. The maximum atomic E-state index is 3.48. The van der Waals surface area contributed by atoms with Gasteiger partial charge < -0.3 is 9.88 Å². The van der Waals surface area contributed by atoms with Crippen LogP contribution < -0.4 is 5.32 Å². The summed E-state index contributed by atoms with van der Waals surface area (Å²) >= 11 is 0. The van der Waals surface area contributed by atoms with Crippen molar-refractivity contribution in [2.75, 3.05) is 13.1 Å². The number of nitrogens with one attached hydrogen (secondary N) is 1. The summed E-state index contributed by atoms with van der Waals surface area (Å²) in [5.41, 5.74) is 5.61. The topological polar surface area (TPSA) is 17.0 Å². The van der Waals surface area contributed by atoms with Crippen LogP contribution in [-0.4, -0.2) is 17.7 Å². The van der Waals surface area contributed by atoms with Gasteiger partial charge in [0, 0.05) is 23.6 Å². The Balaban J connectivity index is 1.74. The van der Waals surface area contributed by atoms with Crippen LogP contribution in [0.15, 0.2) is 54.7 Å². The zero-order valence-electron chi connectivity index (χ0n) is 13.8. The Bertz CT molecular complexity index is 810. The predicted octanol–water partition coefficient (Wildman–Crippen LogP) is 4.47. The molecule has 1 aliphatic heterocycles. The molecule has 2 nitrogen and oxygen atoms in total. The number of rotatable bonds is 3. The molecule has 1 aliphatic rings. The lowest BCUT2D eigenvalue weighted by Gasteiger charge is -2.22. The van der Waals surface area contributed by atoms with Gasteiger partial charge in [0.05, 0.1) is 0 Å². The molecule has 1 aromatic heterocycles. The van der Waals surface area contributed by atoms with Gasteiger partial charge >= 0.3 is 0 Å². The van der Waals surface area contributed by atoms with Gasteiger partial charge in [0.2, 0.25) is 0 Å². The van der Waals surface area contributed by atoms with E-state index in [0.717, 1.165) is 19.6 Å². The van der Waals surface area contributed by atoms with E-state index in [1.165, 1.54) is 40.4 Å². The van der Waals surface area contributed by atoms with Crippen LogP contribution in [0.25, 0.3) is 10.9 Å². The first-order valence-corrected chi connectivity index (χ1v) is 8.65. The summed E-state index contributed by atoms with van der Waals surface area (Å²) in [5.74, 6) is 0.694. The molecule has 1 saturated heterocycles. The third-order valence-electron chi connectivity index (χ3n) is 5.03. The van der Waals surface area contributed by atoms with Gasteiger partial charge in [0.15, 0.2) is 0 Å². The molecule has 1 N–H and O–H groups in total. The Morgan fingerprint density at radius 1 is 1.04 bits per heavy atom. The van der Waals surface area contributed by atoms with Crippen molar-refractivity contribution >= 4 is 10.9 Å². The first-order chi connectivity index (χ1) is 11.3. The monoisotopic (exact) mass is 304 g/mol. The van der Waals surface area contributed by atoms with E-state index in [0.29, 0.717) is 5.92 Å². The summed E-state index contributed by atoms with van der Waals surface area (Å²) in [7, 11) is 0. The number of benzene rings is 2. The summed E-state index contributed by atoms with van der Waals surface area (Å²) in [5, 5.41) is 4.92. The van der Waals surface area contributed by atoms with E-state index in [1.54, 1.807) is 0 Å².